The number of nitrogens with one attached hydrogen (secondary N) is 1. The molecule has 0 radical (unpaired) electrons. The molecule has 23 heavy (non-hydrogen) atoms. The summed E-state index contributed by atoms with van der Waals surface area (Å²) in [5.74, 6) is 1.46. The number of ether oxygens (including phenoxy) is 2. The van der Waals surface area contributed by atoms with E-state index in [9.17, 15) is 4.79 Å². The van der Waals surface area contributed by atoms with Crippen molar-refractivity contribution in [1.29, 1.82) is 0 Å². The van der Waals surface area contributed by atoms with Gasteiger partial charge in [0.25, 0.3) is 0 Å². The first-order valence-electron chi connectivity index (χ1n) is 8.60. The van der Waals surface area contributed by atoms with Crippen LogP contribution in [0.4, 0.5) is 5.69 Å². The number of hydrogen-bond donors (Lipinski definition) is 2. The predicted octanol–water partition coefficient (Wildman–Crippen LogP) is 3.33. The molecular formula is C18H28N2O3. The van der Waals surface area contributed by atoms with Gasteiger partial charge in [0.2, 0.25) is 5.91 Å². The quantitative estimate of drug-likeness (QED) is 0.770. The van der Waals surface area contributed by atoms with E-state index in [-0.39, 0.29) is 17.9 Å². The first-order valence-corrected chi connectivity index (χ1v) is 8.60. The number of rotatable bonds is 8. The number of nitrogens with two attached hydrogens (primary N) is 1. The van der Waals surface area contributed by atoms with Crippen molar-refractivity contribution in [2.45, 2.75) is 52.0 Å². The molecule has 0 bridgehead atoms. The van der Waals surface area contributed by atoms with Crippen LogP contribution in [0.25, 0.3) is 0 Å². The van der Waals surface area contributed by atoms with E-state index in [0.717, 1.165) is 43.5 Å². The lowest BCUT2D eigenvalue weighted by Crippen LogP contribution is -2.23. The van der Waals surface area contributed by atoms with Crippen LogP contribution in [0.15, 0.2) is 18.2 Å². The Kier molecular flexibility index (Phi) is 6.71. The van der Waals surface area contributed by atoms with Gasteiger partial charge in [0.15, 0.2) is 11.5 Å². The zero-order chi connectivity index (χ0) is 16.7. The van der Waals surface area contributed by atoms with Gasteiger partial charge in [-0.1, -0.05) is 13.8 Å². The van der Waals surface area contributed by atoms with Crippen LogP contribution in [-0.2, 0) is 4.79 Å². The molecule has 2 atom stereocenters. The molecule has 5 nitrogen and oxygen atoms in total. The van der Waals surface area contributed by atoms with Gasteiger partial charge in [0, 0.05) is 23.7 Å². The molecule has 1 amide bonds. The SMILES string of the molecule is CCCOc1ccc(NC(=O)C2CCC(N)C2)cc1OCCC. The van der Waals surface area contributed by atoms with E-state index >= 15 is 0 Å². The molecule has 0 aromatic heterocycles. The minimum Gasteiger partial charge on any atom is -0.490 e. The topological polar surface area (TPSA) is 73.6 Å². The molecule has 1 aromatic rings. The first-order chi connectivity index (χ1) is 11.1. The van der Waals surface area contributed by atoms with Crippen molar-refractivity contribution in [3.05, 3.63) is 18.2 Å². The van der Waals surface area contributed by atoms with E-state index < -0.39 is 0 Å². The van der Waals surface area contributed by atoms with Gasteiger partial charge in [0.05, 0.1) is 13.2 Å². The van der Waals surface area contributed by atoms with Crippen molar-refractivity contribution in [3.63, 3.8) is 0 Å². The van der Waals surface area contributed by atoms with Crippen molar-refractivity contribution in [2.24, 2.45) is 11.7 Å². The summed E-state index contributed by atoms with van der Waals surface area (Å²) in [4.78, 5) is 12.3. The van der Waals surface area contributed by atoms with Crippen molar-refractivity contribution in [1.82, 2.24) is 0 Å². The molecule has 0 spiro atoms. The maximum atomic E-state index is 12.3. The normalized spacial score (nSPS) is 20.3. The summed E-state index contributed by atoms with van der Waals surface area (Å²) >= 11 is 0. The van der Waals surface area contributed by atoms with Gasteiger partial charge >= 0.3 is 0 Å². The Balaban J connectivity index is 2.04. The molecule has 0 heterocycles. The van der Waals surface area contributed by atoms with Crippen LogP contribution >= 0.6 is 0 Å². The molecular weight excluding hydrogens is 292 g/mol. The average molecular weight is 320 g/mol. The molecule has 128 valence electrons. The standard InChI is InChI=1S/C18H28N2O3/c1-3-9-22-16-8-7-15(12-17(16)23-10-4-2)20-18(21)13-5-6-14(19)11-13/h7-8,12-14H,3-6,9-11,19H2,1-2H3,(H,20,21). The van der Waals surface area contributed by atoms with E-state index in [0.29, 0.717) is 19.0 Å². The van der Waals surface area contributed by atoms with Crippen LogP contribution in [0.1, 0.15) is 46.0 Å². The molecule has 0 saturated heterocycles. The number of anilines is 1. The van der Waals surface area contributed by atoms with Gasteiger partial charge in [0.1, 0.15) is 0 Å². The molecule has 1 aromatic carbocycles. The Bertz CT molecular complexity index is 519. The number of carbonyl (C=O) groups is 1. The molecule has 1 aliphatic rings. The maximum Gasteiger partial charge on any atom is 0.227 e. The van der Waals surface area contributed by atoms with E-state index in [1.807, 2.05) is 18.2 Å². The Morgan fingerprint density at radius 2 is 1.87 bits per heavy atom. The highest BCUT2D eigenvalue weighted by Crippen LogP contribution is 2.32. The van der Waals surface area contributed by atoms with Gasteiger partial charge in [-0.15, -0.1) is 0 Å². The number of benzene rings is 1. The third-order valence-corrected chi connectivity index (χ3v) is 3.98. The first kappa shape index (κ1) is 17.6. The van der Waals surface area contributed by atoms with Crippen LogP contribution in [0.2, 0.25) is 0 Å². The number of hydrogen-bond acceptors (Lipinski definition) is 4. The lowest BCUT2D eigenvalue weighted by Gasteiger charge is -2.15. The molecule has 1 saturated carbocycles. The molecule has 2 unspecified atom stereocenters. The predicted molar refractivity (Wildman–Crippen MR) is 92.0 cm³/mol. The molecule has 5 heteroatoms. The van der Waals surface area contributed by atoms with Crippen molar-refractivity contribution in [2.75, 3.05) is 18.5 Å². The number of amides is 1. The maximum absolute atomic E-state index is 12.3. The second-order valence-electron chi connectivity index (χ2n) is 6.12. The minimum absolute atomic E-state index is 0.0148. The fourth-order valence-corrected chi connectivity index (χ4v) is 2.74. The van der Waals surface area contributed by atoms with Gasteiger partial charge in [-0.05, 0) is 44.2 Å². The molecule has 1 fully saturated rings. The van der Waals surface area contributed by atoms with Crippen LogP contribution in [-0.4, -0.2) is 25.2 Å². The summed E-state index contributed by atoms with van der Waals surface area (Å²) in [5.41, 5.74) is 6.63. The highest BCUT2D eigenvalue weighted by atomic mass is 16.5. The highest BCUT2D eigenvalue weighted by Gasteiger charge is 2.27. The highest BCUT2D eigenvalue weighted by molar-refractivity contribution is 5.93. The van der Waals surface area contributed by atoms with Crippen LogP contribution < -0.4 is 20.5 Å². The molecule has 2 rings (SSSR count). The van der Waals surface area contributed by atoms with Gasteiger partial charge in [-0.2, -0.15) is 0 Å². The summed E-state index contributed by atoms with van der Waals surface area (Å²) in [6.07, 6.45) is 4.41. The van der Waals surface area contributed by atoms with E-state index in [4.69, 9.17) is 15.2 Å². The average Bonchev–Trinajstić information content (AvgIpc) is 2.98. The summed E-state index contributed by atoms with van der Waals surface area (Å²) in [6.45, 7) is 5.39. The second kappa shape index (κ2) is 8.77. The lowest BCUT2D eigenvalue weighted by atomic mass is 10.1. The monoisotopic (exact) mass is 320 g/mol. The minimum atomic E-state index is 0.0148. The summed E-state index contributed by atoms with van der Waals surface area (Å²) in [6, 6.07) is 5.71. The van der Waals surface area contributed by atoms with Gasteiger partial charge < -0.3 is 20.5 Å². The van der Waals surface area contributed by atoms with Crippen LogP contribution in [0.3, 0.4) is 0 Å². The zero-order valence-electron chi connectivity index (χ0n) is 14.1. The van der Waals surface area contributed by atoms with E-state index in [2.05, 4.69) is 19.2 Å². The van der Waals surface area contributed by atoms with Crippen molar-refractivity contribution >= 4 is 11.6 Å². The second-order valence-corrected chi connectivity index (χ2v) is 6.12. The lowest BCUT2D eigenvalue weighted by molar-refractivity contribution is -0.119. The fraction of sp³-hybridized carbons (Fsp3) is 0.611. The summed E-state index contributed by atoms with van der Waals surface area (Å²) < 4.78 is 11.5. The van der Waals surface area contributed by atoms with Crippen LogP contribution in [0.5, 0.6) is 11.5 Å². The third-order valence-electron chi connectivity index (χ3n) is 3.98. The molecule has 3 N–H and O–H groups in total. The van der Waals surface area contributed by atoms with Crippen molar-refractivity contribution in [3.8, 4) is 11.5 Å². The Morgan fingerprint density at radius 1 is 1.17 bits per heavy atom. The van der Waals surface area contributed by atoms with Gasteiger partial charge in [-0.25, -0.2) is 0 Å². The zero-order valence-corrected chi connectivity index (χ0v) is 14.1. The van der Waals surface area contributed by atoms with E-state index in [1.165, 1.54) is 0 Å². The summed E-state index contributed by atoms with van der Waals surface area (Å²) in [5, 5.41) is 2.97. The Hall–Kier alpha value is -1.75. The van der Waals surface area contributed by atoms with E-state index in [1.54, 1.807) is 0 Å². The largest absolute Gasteiger partial charge is 0.490 e. The number of carbonyl (C=O) groups excluding carboxylic acids is 1. The molecule has 1 aliphatic carbocycles. The smallest absolute Gasteiger partial charge is 0.227 e. The third kappa shape index (κ3) is 5.13. The Labute approximate surface area is 138 Å². The summed E-state index contributed by atoms with van der Waals surface area (Å²) in [7, 11) is 0. The van der Waals surface area contributed by atoms with Crippen LogP contribution in [0, 0.1) is 5.92 Å². The van der Waals surface area contributed by atoms with Gasteiger partial charge in [-0.3, -0.25) is 4.79 Å². The Morgan fingerprint density at radius 3 is 2.48 bits per heavy atom. The van der Waals surface area contributed by atoms with Crippen molar-refractivity contribution < 1.29 is 14.3 Å². The fourth-order valence-electron chi connectivity index (χ4n) is 2.74. The molecule has 0 aliphatic heterocycles.